The topological polar surface area (TPSA) is 61.1 Å². The SMILES string of the molecule is CC(C)(O)C1=NC2=NCC(c3ccc(F)c(-c4cccnc4)c3)N2C=C1. The first kappa shape index (κ1) is 16.6. The minimum atomic E-state index is -1.02. The lowest BCUT2D eigenvalue weighted by Gasteiger charge is -2.28. The number of benzene rings is 1. The molecule has 0 radical (unpaired) electrons. The molecule has 3 heterocycles. The molecule has 0 amide bonds. The zero-order valence-corrected chi connectivity index (χ0v) is 14.6. The minimum Gasteiger partial charge on any atom is -0.384 e. The summed E-state index contributed by atoms with van der Waals surface area (Å²) in [5.74, 6) is 0.291. The fourth-order valence-corrected chi connectivity index (χ4v) is 3.14. The van der Waals surface area contributed by atoms with Crippen molar-refractivity contribution in [2.24, 2.45) is 9.98 Å². The maximum absolute atomic E-state index is 14.3. The van der Waals surface area contributed by atoms with Crippen LogP contribution in [0.5, 0.6) is 0 Å². The van der Waals surface area contributed by atoms with Crippen molar-refractivity contribution in [2.45, 2.75) is 25.5 Å². The summed E-state index contributed by atoms with van der Waals surface area (Å²) in [6.07, 6.45) is 6.99. The Morgan fingerprint density at radius 2 is 2.12 bits per heavy atom. The normalized spacial score (nSPS) is 19.2. The van der Waals surface area contributed by atoms with Crippen LogP contribution >= 0.6 is 0 Å². The van der Waals surface area contributed by atoms with E-state index >= 15 is 0 Å². The Bertz CT molecular complexity index is 929. The van der Waals surface area contributed by atoms with Crippen molar-refractivity contribution in [1.29, 1.82) is 0 Å². The van der Waals surface area contributed by atoms with Crippen LogP contribution in [0, 0.1) is 5.82 Å². The number of guanidine groups is 1. The molecule has 1 atom stereocenters. The molecule has 26 heavy (non-hydrogen) atoms. The Kier molecular flexibility index (Phi) is 3.92. The molecular weight excluding hydrogens is 331 g/mol. The molecule has 6 heteroatoms. The van der Waals surface area contributed by atoms with Gasteiger partial charge in [-0.15, -0.1) is 0 Å². The second-order valence-electron chi connectivity index (χ2n) is 6.92. The van der Waals surface area contributed by atoms with E-state index in [2.05, 4.69) is 15.0 Å². The van der Waals surface area contributed by atoms with Gasteiger partial charge in [0.25, 0.3) is 0 Å². The van der Waals surface area contributed by atoms with Crippen molar-refractivity contribution < 1.29 is 9.50 Å². The maximum Gasteiger partial charge on any atom is 0.225 e. The van der Waals surface area contributed by atoms with E-state index in [-0.39, 0.29) is 11.9 Å². The maximum atomic E-state index is 14.3. The number of hydrogen-bond acceptors (Lipinski definition) is 5. The van der Waals surface area contributed by atoms with Crippen LogP contribution < -0.4 is 0 Å². The van der Waals surface area contributed by atoms with E-state index in [9.17, 15) is 9.50 Å². The van der Waals surface area contributed by atoms with Crippen molar-refractivity contribution in [3.05, 3.63) is 66.4 Å². The van der Waals surface area contributed by atoms with Gasteiger partial charge in [0.15, 0.2) is 0 Å². The number of aliphatic hydroxyl groups is 1. The van der Waals surface area contributed by atoms with Gasteiger partial charge in [-0.05, 0) is 43.7 Å². The van der Waals surface area contributed by atoms with Gasteiger partial charge in [0, 0.05) is 29.7 Å². The molecule has 1 N–H and O–H groups in total. The molecule has 0 bridgehead atoms. The average Bonchev–Trinajstić information content (AvgIpc) is 3.05. The standard InChI is InChI=1S/C20H19FN4O/c1-20(2,26)18-7-9-25-17(12-23-19(25)24-18)13-5-6-16(21)15(10-13)14-4-3-8-22-11-14/h3-11,17,26H,12H2,1-2H3. The van der Waals surface area contributed by atoms with Crippen molar-refractivity contribution in [3.63, 3.8) is 0 Å². The van der Waals surface area contributed by atoms with Crippen LogP contribution in [0.2, 0.25) is 0 Å². The molecule has 0 saturated carbocycles. The lowest BCUT2D eigenvalue weighted by molar-refractivity contribution is 0.154. The zero-order chi connectivity index (χ0) is 18.3. The predicted octanol–water partition coefficient (Wildman–Crippen LogP) is 3.34. The first-order valence-corrected chi connectivity index (χ1v) is 8.46. The highest BCUT2D eigenvalue weighted by Crippen LogP contribution is 2.33. The van der Waals surface area contributed by atoms with E-state index in [0.717, 1.165) is 11.1 Å². The van der Waals surface area contributed by atoms with E-state index in [1.807, 2.05) is 23.2 Å². The summed E-state index contributed by atoms with van der Waals surface area (Å²) < 4.78 is 14.3. The molecule has 0 spiro atoms. The lowest BCUT2D eigenvalue weighted by Crippen LogP contribution is -2.36. The first-order chi connectivity index (χ1) is 12.4. The summed E-state index contributed by atoms with van der Waals surface area (Å²) in [6.45, 7) is 3.92. The van der Waals surface area contributed by atoms with E-state index in [1.54, 1.807) is 44.4 Å². The molecule has 5 nitrogen and oxygen atoms in total. The van der Waals surface area contributed by atoms with Gasteiger partial charge in [0.05, 0.1) is 18.3 Å². The van der Waals surface area contributed by atoms with Crippen LogP contribution in [0.1, 0.15) is 25.5 Å². The number of rotatable bonds is 3. The van der Waals surface area contributed by atoms with E-state index in [4.69, 9.17) is 0 Å². The number of hydrogen-bond donors (Lipinski definition) is 1. The summed E-state index contributed by atoms with van der Waals surface area (Å²) in [4.78, 5) is 15.0. The summed E-state index contributed by atoms with van der Waals surface area (Å²) in [5, 5.41) is 10.1. The molecule has 2 aliphatic heterocycles. The third-order valence-electron chi connectivity index (χ3n) is 4.56. The summed E-state index contributed by atoms with van der Waals surface area (Å²) in [7, 11) is 0. The van der Waals surface area contributed by atoms with Gasteiger partial charge in [0.1, 0.15) is 11.4 Å². The molecule has 2 aliphatic rings. The molecule has 1 aromatic carbocycles. The van der Waals surface area contributed by atoms with Gasteiger partial charge in [-0.25, -0.2) is 14.4 Å². The number of pyridine rings is 1. The highest BCUT2D eigenvalue weighted by Gasteiger charge is 2.32. The quantitative estimate of drug-likeness (QED) is 0.923. The third-order valence-corrected chi connectivity index (χ3v) is 4.56. The molecule has 0 fully saturated rings. The number of nitrogens with zero attached hydrogens (tertiary/aromatic N) is 4. The average molecular weight is 350 g/mol. The highest BCUT2D eigenvalue weighted by atomic mass is 19.1. The van der Waals surface area contributed by atoms with Crippen LogP contribution in [0.3, 0.4) is 0 Å². The minimum absolute atomic E-state index is 0.0515. The molecule has 2 aromatic rings. The van der Waals surface area contributed by atoms with Gasteiger partial charge in [-0.2, -0.15) is 0 Å². The summed E-state index contributed by atoms with van der Waals surface area (Å²) >= 11 is 0. The molecular formula is C20H19FN4O. The summed E-state index contributed by atoms with van der Waals surface area (Å²) in [5.41, 5.74) is 1.76. The van der Waals surface area contributed by atoms with Crippen LogP contribution in [-0.4, -0.2) is 38.8 Å². The van der Waals surface area contributed by atoms with Crippen molar-refractivity contribution in [3.8, 4) is 11.1 Å². The molecule has 1 unspecified atom stereocenters. The third kappa shape index (κ3) is 2.93. The van der Waals surface area contributed by atoms with Gasteiger partial charge in [-0.3, -0.25) is 4.98 Å². The van der Waals surface area contributed by atoms with E-state index in [1.165, 1.54) is 6.07 Å². The Morgan fingerprint density at radius 3 is 2.85 bits per heavy atom. The Morgan fingerprint density at radius 1 is 1.27 bits per heavy atom. The number of halogens is 1. The van der Waals surface area contributed by atoms with Crippen LogP contribution in [-0.2, 0) is 0 Å². The highest BCUT2D eigenvalue weighted by molar-refractivity contribution is 6.10. The molecule has 0 saturated heterocycles. The smallest absolute Gasteiger partial charge is 0.225 e. The fourth-order valence-electron chi connectivity index (χ4n) is 3.14. The second-order valence-corrected chi connectivity index (χ2v) is 6.92. The summed E-state index contributed by atoms with van der Waals surface area (Å²) in [6, 6.07) is 8.68. The fraction of sp³-hybridized carbons (Fsp3) is 0.250. The largest absolute Gasteiger partial charge is 0.384 e. The number of aliphatic imine (C=N–C) groups is 2. The lowest BCUT2D eigenvalue weighted by atomic mass is 9.99. The monoisotopic (exact) mass is 350 g/mol. The van der Waals surface area contributed by atoms with Crippen LogP contribution in [0.25, 0.3) is 11.1 Å². The van der Waals surface area contributed by atoms with Crippen molar-refractivity contribution in [2.75, 3.05) is 6.54 Å². The second kappa shape index (κ2) is 6.14. The molecule has 0 aliphatic carbocycles. The van der Waals surface area contributed by atoms with Crippen molar-refractivity contribution in [1.82, 2.24) is 9.88 Å². The molecule has 1 aromatic heterocycles. The van der Waals surface area contributed by atoms with Gasteiger partial charge in [0.2, 0.25) is 5.96 Å². The Labute approximate surface area is 151 Å². The van der Waals surface area contributed by atoms with Gasteiger partial charge in [-0.1, -0.05) is 12.1 Å². The van der Waals surface area contributed by atoms with Crippen molar-refractivity contribution >= 4 is 11.7 Å². The number of aromatic nitrogens is 1. The van der Waals surface area contributed by atoms with E-state index < -0.39 is 5.60 Å². The predicted molar refractivity (Wildman–Crippen MR) is 99.4 cm³/mol. The van der Waals surface area contributed by atoms with Crippen LogP contribution in [0.4, 0.5) is 4.39 Å². The van der Waals surface area contributed by atoms with Crippen LogP contribution in [0.15, 0.2) is 65.0 Å². The van der Waals surface area contributed by atoms with Gasteiger partial charge < -0.3 is 10.0 Å². The van der Waals surface area contributed by atoms with Gasteiger partial charge >= 0.3 is 0 Å². The first-order valence-electron chi connectivity index (χ1n) is 8.46. The molecule has 4 rings (SSSR count). The molecule has 132 valence electrons. The Balaban J connectivity index is 1.65. The van der Waals surface area contributed by atoms with E-state index in [0.29, 0.717) is 23.8 Å². The zero-order valence-electron chi connectivity index (χ0n) is 14.6. The Hall–Kier alpha value is -2.86. The number of fused-ring (bicyclic) bond motifs is 1.